The first-order valence-electron chi connectivity index (χ1n) is 10.4. The SMILES string of the molecule is CCCCc1cnc2ccccc2c1COC(=O)c1ccccc1-c1ccccc1. The molecule has 1 heterocycles. The Labute approximate surface area is 177 Å². The lowest BCUT2D eigenvalue weighted by molar-refractivity contribution is 0.0474. The van der Waals surface area contributed by atoms with Crippen LogP contribution in [0.25, 0.3) is 22.0 Å². The monoisotopic (exact) mass is 395 g/mol. The zero-order chi connectivity index (χ0) is 20.8. The molecule has 0 fully saturated rings. The number of ether oxygens (including phenoxy) is 1. The summed E-state index contributed by atoms with van der Waals surface area (Å²) in [4.78, 5) is 17.6. The van der Waals surface area contributed by atoms with Gasteiger partial charge in [0.25, 0.3) is 0 Å². The molecule has 0 N–H and O–H groups in total. The number of fused-ring (bicyclic) bond motifs is 1. The molecule has 150 valence electrons. The highest BCUT2D eigenvalue weighted by Gasteiger charge is 2.16. The second-order valence-corrected chi connectivity index (χ2v) is 7.37. The van der Waals surface area contributed by atoms with E-state index in [-0.39, 0.29) is 12.6 Å². The van der Waals surface area contributed by atoms with E-state index in [1.54, 1.807) is 0 Å². The highest BCUT2D eigenvalue weighted by Crippen LogP contribution is 2.26. The number of aromatic nitrogens is 1. The molecule has 3 nitrogen and oxygen atoms in total. The second kappa shape index (κ2) is 9.36. The van der Waals surface area contributed by atoms with Gasteiger partial charge in [0.15, 0.2) is 0 Å². The molecule has 3 aromatic carbocycles. The summed E-state index contributed by atoms with van der Waals surface area (Å²) in [6.07, 6.45) is 5.05. The summed E-state index contributed by atoms with van der Waals surface area (Å²) >= 11 is 0. The van der Waals surface area contributed by atoms with Crippen molar-refractivity contribution in [3.8, 4) is 11.1 Å². The van der Waals surface area contributed by atoms with Crippen molar-refractivity contribution < 1.29 is 9.53 Å². The van der Waals surface area contributed by atoms with Crippen molar-refractivity contribution in [1.82, 2.24) is 4.98 Å². The number of pyridine rings is 1. The predicted molar refractivity (Wildman–Crippen MR) is 121 cm³/mol. The fraction of sp³-hybridized carbons (Fsp3) is 0.185. The van der Waals surface area contributed by atoms with Crippen molar-refractivity contribution in [3.05, 3.63) is 102 Å². The molecule has 30 heavy (non-hydrogen) atoms. The molecular weight excluding hydrogens is 370 g/mol. The van der Waals surface area contributed by atoms with E-state index in [0.717, 1.165) is 52.4 Å². The molecule has 0 aliphatic heterocycles. The van der Waals surface area contributed by atoms with Crippen LogP contribution < -0.4 is 0 Å². The van der Waals surface area contributed by atoms with Crippen LogP contribution in [-0.4, -0.2) is 11.0 Å². The first-order valence-corrected chi connectivity index (χ1v) is 10.4. The van der Waals surface area contributed by atoms with Gasteiger partial charge in [-0.1, -0.05) is 80.1 Å². The molecule has 0 spiro atoms. The van der Waals surface area contributed by atoms with E-state index in [4.69, 9.17) is 4.74 Å². The topological polar surface area (TPSA) is 39.2 Å². The van der Waals surface area contributed by atoms with E-state index >= 15 is 0 Å². The van der Waals surface area contributed by atoms with E-state index in [9.17, 15) is 4.79 Å². The number of unbranched alkanes of at least 4 members (excludes halogenated alkanes) is 1. The Hall–Kier alpha value is -3.46. The maximum atomic E-state index is 13.0. The van der Waals surface area contributed by atoms with E-state index in [1.807, 2.05) is 79.0 Å². The number of rotatable bonds is 7. The first kappa shape index (κ1) is 19.8. The van der Waals surface area contributed by atoms with Gasteiger partial charge in [0.05, 0.1) is 11.1 Å². The lowest BCUT2D eigenvalue weighted by atomic mass is 9.99. The van der Waals surface area contributed by atoms with Crippen LogP contribution >= 0.6 is 0 Å². The number of carbonyl (C=O) groups excluding carboxylic acids is 1. The molecule has 0 saturated heterocycles. The molecule has 0 aliphatic carbocycles. The van der Waals surface area contributed by atoms with Crippen LogP contribution in [-0.2, 0) is 17.8 Å². The molecule has 0 bridgehead atoms. The molecule has 0 unspecified atom stereocenters. The summed E-state index contributed by atoms with van der Waals surface area (Å²) < 4.78 is 5.84. The van der Waals surface area contributed by atoms with E-state index < -0.39 is 0 Å². The average molecular weight is 396 g/mol. The average Bonchev–Trinajstić information content (AvgIpc) is 2.82. The molecule has 0 aliphatic rings. The molecule has 4 aromatic rings. The molecule has 4 rings (SSSR count). The van der Waals surface area contributed by atoms with Gasteiger partial charge in [-0.05, 0) is 41.7 Å². The lowest BCUT2D eigenvalue weighted by Crippen LogP contribution is -2.09. The van der Waals surface area contributed by atoms with Crippen LogP contribution in [0.1, 0.15) is 41.3 Å². The summed E-state index contributed by atoms with van der Waals surface area (Å²) in [6, 6.07) is 25.6. The maximum absolute atomic E-state index is 13.0. The van der Waals surface area contributed by atoms with Crippen LogP contribution in [0.15, 0.2) is 85.1 Å². The third-order valence-electron chi connectivity index (χ3n) is 5.36. The van der Waals surface area contributed by atoms with Gasteiger partial charge in [0, 0.05) is 17.1 Å². The van der Waals surface area contributed by atoms with Gasteiger partial charge in [-0.25, -0.2) is 4.79 Å². The number of carbonyl (C=O) groups is 1. The zero-order valence-electron chi connectivity index (χ0n) is 17.2. The number of para-hydroxylation sites is 1. The van der Waals surface area contributed by atoms with Crippen molar-refractivity contribution in [2.45, 2.75) is 32.8 Å². The fourth-order valence-corrected chi connectivity index (χ4v) is 3.74. The number of esters is 1. The fourth-order valence-electron chi connectivity index (χ4n) is 3.74. The molecule has 1 aromatic heterocycles. The van der Waals surface area contributed by atoms with Crippen molar-refractivity contribution in [3.63, 3.8) is 0 Å². The minimum Gasteiger partial charge on any atom is -0.457 e. The third-order valence-corrected chi connectivity index (χ3v) is 5.36. The Bertz CT molecular complexity index is 1150. The van der Waals surface area contributed by atoms with Gasteiger partial charge < -0.3 is 4.74 Å². The van der Waals surface area contributed by atoms with Crippen molar-refractivity contribution >= 4 is 16.9 Å². The number of benzene rings is 3. The number of hydrogen-bond donors (Lipinski definition) is 0. The molecular formula is C27H25NO2. The van der Waals surface area contributed by atoms with Crippen LogP contribution in [0.5, 0.6) is 0 Å². The maximum Gasteiger partial charge on any atom is 0.339 e. The summed E-state index contributed by atoms with van der Waals surface area (Å²) in [5.74, 6) is -0.309. The zero-order valence-corrected chi connectivity index (χ0v) is 17.2. The highest BCUT2D eigenvalue weighted by atomic mass is 16.5. The van der Waals surface area contributed by atoms with E-state index in [0.29, 0.717) is 5.56 Å². The van der Waals surface area contributed by atoms with Crippen LogP contribution in [0, 0.1) is 0 Å². The summed E-state index contributed by atoms with van der Waals surface area (Å²) in [5.41, 5.74) is 5.60. The van der Waals surface area contributed by atoms with Gasteiger partial charge >= 0.3 is 5.97 Å². The third kappa shape index (κ3) is 4.25. The predicted octanol–water partition coefficient (Wildman–Crippen LogP) is 6.60. The molecule has 0 atom stereocenters. The van der Waals surface area contributed by atoms with Crippen molar-refractivity contribution in [1.29, 1.82) is 0 Å². The standard InChI is InChI=1S/C27H25NO2/c1-2-3-11-21-18-28-26-17-10-9-15-23(26)25(21)19-30-27(29)24-16-8-7-14-22(24)20-12-5-4-6-13-20/h4-10,12-18H,2-3,11,19H2,1H3. The Morgan fingerprint density at radius 1 is 0.900 bits per heavy atom. The van der Waals surface area contributed by atoms with Gasteiger partial charge in [-0.3, -0.25) is 4.98 Å². The van der Waals surface area contributed by atoms with Crippen LogP contribution in [0.2, 0.25) is 0 Å². The van der Waals surface area contributed by atoms with Crippen LogP contribution in [0.4, 0.5) is 0 Å². The summed E-state index contributed by atoms with van der Waals surface area (Å²) in [6.45, 7) is 2.42. The Morgan fingerprint density at radius 3 is 2.47 bits per heavy atom. The minimum atomic E-state index is -0.309. The normalized spacial score (nSPS) is 10.8. The van der Waals surface area contributed by atoms with E-state index in [2.05, 4.69) is 18.0 Å². The largest absolute Gasteiger partial charge is 0.457 e. The molecule has 0 saturated carbocycles. The number of nitrogens with zero attached hydrogens (tertiary/aromatic N) is 1. The summed E-state index contributed by atoms with van der Waals surface area (Å²) in [7, 11) is 0. The quantitative estimate of drug-likeness (QED) is 0.331. The minimum absolute atomic E-state index is 0.240. The first-order chi connectivity index (χ1) is 14.8. The van der Waals surface area contributed by atoms with Crippen molar-refractivity contribution in [2.75, 3.05) is 0 Å². The molecule has 3 heteroatoms. The smallest absolute Gasteiger partial charge is 0.339 e. The number of aryl methyl sites for hydroxylation is 1. The Kier molecular flexibility index (Phi) is 6.19. The van der Waals surface area contributed by atoms with E-state index in [1.165, 1.54) is 0 Å². The number of hydrogen-bond acceptors (Lipinski definition) is 3. The van der Waals surface area contributed by atoms with Crippen LogP contribution in [0.3, 0.4) is 0 Å². The van der Waals surface area contributed by atoms with Gasteiger partial charge in [0.1, 0.15) is 6.61 Å². The molecule has 0 radical (unpaired) electrons. The van der Waals surface area contributed by atoms with Gasteiger partial charge in [-0.2, -0.15) is 0 Å². The Morgan fingerprint density at radius 2 is 1.63 bits per heavy atom. The van der Waals surface area contributed by atoms with Gasteiger partial charge in [0.2, 0.25) is 0 Å². The highest BCUT2D eigenvalue weighted by molar-refractivity contribution is 5.97. The summed E-state index contributed by atoms with van der Waals surface area (Å²) in [5, 5.41) is 1.05. The van der Waals surface area contributed by atoms with Gasteiger partial charge in [-0.15, -0.1) is 0 Å². The Balaban J connectivity index is 1.63. The van der Waals surface area contributed by atoms with Crippen molar-refractivity contribution in [2.24, 2.45) is 0 Å². The second-order valence-electron chi connectivity index (χ2n) is 7.37. The molecule has 0 amide bonds. The lowest BCUT2D eigenvalue weighted by Gasteiger charge is -2.14.